The van der Waals surface area contributed by atoms with E-state index in [1.165, 1.54) is 6.33 Å². The van der Waals surface area contributed by atoms with E-state index in [0.717, 1.165) is 11.3 Å². The molecule has 0 spiro atoms. The van der Waals surface area contributed by atoms with Crippen LogP contribution in [0.2, 0.25) is 5.02 Å². The number of benzene rings is 1. The van der Waals surface area contributed by atoms with E-state index in [1.54, 1.807) is 7.11 Å². The van der Waals surface area contributed by atoms with E-state index in [2.05, 4.69) is 20.6 Å². The summed E-state index contributed by atoms with van der Waals surface area (Å²) in [5.41, 5.74) is 8.40. The second-order valence-corrected chi connectivity index (χ2v) is 5.48. The van der Waals surface area contributed by atoms with Gasteiger partial charge in [-0.15, -0.1) is 0 Å². The van der Waals surface area contributed by atoms with Gasteiger partial charge in [-0.3, -0.25) is 0 Å². The first-order chi connectivity index (χ1) is 10.5. The smallest absolute Gasteiger partial charge is 0.159 e. The number of halogens is 1. The molecular formula is C15H20ClN5O. The molecular weight excluding hydrogens is 302 g/mol. The fourth-order valence-corrected chi connectivity index (χ4v) is 2.12. The molecule has 4 N–H and O–H groups in total. The number of nitrogens with zero attached hydrogens (tertiary/aromatic N) is 2. The Morgan fingerprint density at radius 2 is 2.05 bits per heavy atom. The lowest BCUT2D eigenvalue weighted by Crippen LogP contribution is -2.22. The number of nitrogens with one attached hydrogen (secondary N) is 2. The highest BCUT2D eigenvalue weighted by Crippen LogP contribution is 2.28. The van der Waals surface area contributed by atoms with Crippen LogP contribution in [0.1, 0.15) is 12.5 Å². The van der Waals surface area contributed by atoms with Crippen LogP contribution in [0.5, 0.6) is 0 Å². The molecule has 22 heavy (non-hydrogen) atoms. The van der Waals surface area contributed by atoms with Gasteiger partial charge in [0.05, 0.1) is 6.61 Å². The van der Waals surface area contributed by atoms with Crippen molar-refractivity contribution in [2.24, 2.45) is 0 Å². The molecule has 0 amide bonds. The highest BCUT2D eigenvalue weighted by Gasteiger charge is 2.11. The summed E-state index contributed by atoms with van der Waals surface area (Å²) in [6.45, 7) is 4.49. The van der Waals surface area contributed by atoms with E-state index in [0.29, 0.717) is 29.0 Å². The van der Waals surface area contributed by atoms with Crippen LogP contribution >= 0.6 is 11.6 Å². The average Bonchev–Trinajstić information content (AvgIpc) is 2.47. The molecule has 6 nitrogen and oxygen atoms in total. The zero-order valence-corrected chi connectivity index (χ0v) is 13.6. The minimum Gasteiger partial charge on any atom is -0.393 e. The molecule has 2 aromatic rings. The minimum atomic E-state index is 0.0869. The third kappa shape index (κ3) is 3.99. The Kier molecular flexibility index (Phi) is 5.41. The molecule has 0 fully saturated rings. The van der Waals surface area contributed by atoms with Gasteiger partial charge in [-0.25, -0.2) is 9.97 Å². The number of nitrogen functional groups attached to an aromatic ring is 1. The van der Waals surface area contributed by atoms with Gasteiger partial charge >= 0.3 is 0 Å². The molecule has 1 unspecified atom stereocenters. The number of hydrogen-bond acceptors (Lipinski definition) is 6. The van der Waals surface area contributed by atoms with Gasteiger partial charge < -0.3 is 21.1 Å². The zero-order chi connectivity index (χ0) is 16.1. The molecule has 0 bridgehead atoms. The number of hydrogen-bond donors (Lipinski definition) is 3. The molecule has 1 aromatic heterocycles. The predicted molar refractivity (Wildman–Crippen MR) is 90.9 cm³/mol. The lowest BCUT2D eigenvalue weighted by atomic mass is 10.2. The van der Waals surface area contributed by atoms with Crippen molar-refractivity contribution in [1.29, 1.82) is 0 Å². The van der Waals surface area contributed by atoms with Gasteiger partial charge in [0.1, 0.15) is 12.0 Å². The highest BCUT2D eigenvalue weighted by molar-refractivity contribution is 6.31. The van der Waals surface area contributed by atoms with E-state index in [4.69, 9.17) is 22.1 Å². The molecule has 0 aliphatic heterocycles. The van der Waals surface area contributed by atoms with Crippen molar-refractivity contribution in [2.45, 2.75) is 19.9 Å². The van der Waals surface area contributed by atoms with Gasteiger partial charge in [-0.05, 0) is 31.5 Å². The third-order valence-corrected chi connectivity index (χ3v) is 3.53. The monoisotopic (exact) mass is 321 g/mol. The Hall–Kier alpha value is -2.05. The van der Waals surface area contributed by atoms with Crippen LogP contribution in [0.15, 0.2) is 24.5 Å². The topological polar surface area (TPSA) is 85.1 Å². The Labute approximate surface area is 135 Å². The molecule has 1 aromatic carbocycles. The average molecular weight is 322 g/mol. The number of rotatable bonds is 6. The van der Waals surface area contributed by atoms with Crippen molar-refractivity contribution in [3.05, 3.63) is 35.1 Å². The number of methoxy groups -OCH3 is 1. The van der Waals surface area contributed by atoms with Crippen molar-refractivity contribution in [3.8, 4) is 0 Å². The summed E-state index contributed by atoms with van der Waals surface area (Å²) >= 11 is 6.12. The van der Waals surface area contributed by atoms with Crippen molar-refractivity contribution >= 4 is 34.6 Å². The fourth-order valence-electron chi connectivity index (χ4n) is 1.94. The first-order valence-corrected chi connectivity index (χ1v) is 7.28. The second-order valence-electron chi connectivity index (χ2n) is 5.07. The summed E-state index contributed by atoms with van der Waals surface area (Å²) in [7, 11) is 1.65. The Bertz CT molecular complexity index is 650. The van der Waals surface area contributed by atoms with Crippen LogP contribution in [0.4, 0.5) is 23.0 Å². The molecule has 0 radical (unpaired) electrons. The Morgan fingerprint density at radius 1 is 1.32 bits per heavy atom. The van der Waals surface area contributed by atoms with E-state index in [1.807, 2.05) is 32.0 Å². The maximum absolute atomic E-state index is 6.12. The van der Waals surface area contributed by atoms with Gasteiger partial charge in [-0.1, -0.05) is 17.7 Å². The molecule has 0 saturated heterocycles. The van der Waals surface area contributed by atoms with Gasteiger partial charge in [0.2, 0.25) is 0 Å². The molecule has 0 saturated carbocycles. The van der Waals surface area contributed by atoms with Crippen LogP contribution in [-0.4, -0.2) is 29.7 Å². The van der Waals surface area contributed by atoms with Gasteiger partial charge in [0.25, 0.3) is 0 Å². The molecule has 0 aliphatic carbocycles. The number of aromatic nitrogens is 2. The van der Waals surface area contributed by atoms with Crippen LogP contribution in [0.25, 0.3) is 0 Å². The maximum Gasteiger partial charge on any atom is 0.159 e. The van der Waals surface area contributed by atoms with E-state index in [-0.39, 0.29) is 6.04 Å². The van der Waals surface area contributed by atoms with Crippen LogP contribution in [0, 0.1) is 6.92 Å². The van der Waals surface area contributed by atoms with Crippen molar-refractivity contribution in [1.82, 2.24) is 9.97 Å². The number of aryl methyl sites for hydroxylation is 1. The van der Waals surface area contributed by atoms with Crippen LogP contribution in [-0.2, 0) is 4.74 Å². The van der Waals surface area contributed by atoms with Crippen molar-refractivity contribution < 1.29 is 4.74 Å². The second kappa shape index (κ2) is 7.29. The maximum atomic E-state index is 6.12. The predicted octanol–water partition coefficient (Wildman–Crippen LogP) is 3.21. The molecule has 1 atom stereocenters. The number of nitrogens with two attached hydrogens (primary N) is 1. The zero-order valence-electron chi connectivity index (χ0n) is 12.9. The summed E-state index contributed by atoms with van der Waals surface area (Å²) in [6, 6.07) is 5.77. The number of anilines is 4. The molecule has 2 rings (SSSR count). The summed E-state index contributed by atoms with van der Waals surface area (Å²) in [6.07, 6.45) is 1.45. The van der Waals surface area contributed by atoms with Crippen molar-refractivity contribution in [2.75, 3.05) is 30.1 Å². The van der Waals surface area contributed by atoms with E-state index < -0.39 is 0 Å². The van der Waals surface area contributed by atoms with E-state index >= 15 is 0 Å². The van der Waals surface area contributed by atoms with Crippen LogP contribution < -0.4 is 16.4 Å². The standard InChI is InChI=1S/C15H20ClN5O/c1-9-4-5-11(6-12(9)16)21-15-13(17)14(18-8-19-15)20-10(2)7-22-3/h4-6,8,10H,7,17H2,1-3H3,(H2,18,19,20,21). The normalized spacial score (nSPS) is 12.0. The quantitative estimate of drug-likeness (QED) is 0.757. The highest BCUT2D eigenvalue weighted by atomic mass is 35.5. The summed E-state index contributed by atoms with van der Waals surface area (Å²) < 4.78 is 5.09. The summed E-state index contributed by atoms with van der Waals surface area (Å²) in [4.78, 5) is 8.34. The summed E-state index contributed by atoms with van der Waals surface area (Å²) in [5, 5.41) is 7.03. The largest absolute Gasteiger partial charge is 0.393 e. The molecule has 0 aliphatic rings. The fraction of sp³-hybridized carbons (Fsp3) is 0.333. The lowest BCUT2D eigenvalue weighted by Gasteiger charge is -2.16. The molecule has 118 valence electrons. The molecule has 7 heteroatoms. The lowest BCUT2D eigenvalue weighted by molar-refractivity contribution is 0.190. The van der Waals surface area contributed by atoms with Crippen LogP contribution in [0.3, 0.4) is 0 Å². The first kappa shape index (κ1) is 16.3. The van der Waals surface area contributed by atoms with Gasteiger partial charge in [0.15, 0.2) is 11.6 Å². The Morgan fingerprint density at radius 3 is 2.73 bits per heavy atom. The third-order valence-electron chi connectivity index (χ3n) is 3.12. The number of ether oxygens (including phenoxy) is 1. The van der Waals surface area contributed by atoms with E-state index in [9.17, 15) is 0 Å². The molecule has 1 heterocycles. The van der Waals surface area contributed by atoms with Gasteiger partial charge in [0, 0.05) is 23.9 Å². The minimum absolute atomic E-state index is 0.0869. The van der Waals surface area contributed by atoms with Gasteiger partial charge in [-0.2, -0.15) is 0 Å². The Balaban J connectivity index is 2.19. The first-order valence-electron chi connectivity index (χ1n) is 6.90. The SMILES string of the molecule is COCC(C)Nc1ncnc(Nc2ccc(C)c(Cl)c2)c1N. The summed E-state index contributed by atoms with van der Waals surface area (Å²) in [5.74, 6) is 1.10. The van der Waals surface area contributed by atoms with Crippen molar-refractivity contribution in [3.63, 3.8) is 0 Å².